The van der Waals surface area contributed by atoms with E-state index in [1.165, 1.54) is 0 Å². The number of amides is 3. The fraction of sp³-hybridized carbons (Fsp3) is 0.192. The third-order valence-corrected chi connectivity index (χ3v) is 5.08. The number of hydrogen-bond acceptors (Lipinski definition) is 4. The molecular weight excluding hydrogens is 416 g/mol. The average molecular weight is 445 g/mol. The molecule has 0 bridgehead atoms. The normalized spacial score (nSPS) is 10.2. The zero-order valence-corrected chi connectivity index (χ0v) is 18.8. The van der Waals surface area contributed by atoms with Crippen molar-refractivity contribution in [2.45, 2.75) is 13.8 Å². The molecule has 0 spiro atoms. The summed E-state index contributed by atoms with van der Waals surface area (Å²) < 4.78 is 0. The Morgan fingerprint density at radius 3 is 1.97 bits per heavy atom. The molecule has 0 atom stereocenters. The number of anilines is 3. The number of nitrogens with zero attached hydrogens (tertiary/aromatic N) is 1. The van der Waals surface area contributed by atoms with E-state index in [0.717, 1.165) is 5.69 Å². The molecule has 0 aliphatic carbocycles. The molecule has 0 radical (unpaired) electrons. The summed E-state index contributed by atoms with van der Waals surface area (Å²) in [6.07, 6.45) is 0. The highest BCUT2D eigenvalue weighted by molar-refractivity contribution is 6.04. The Hall–Kier alpha value is -4.13. The molecule has 0 aromatic heterocycles. The summed E-state index contributed by atoms with van der Waals surface area (Å²) in [5, 5.41) is 8.68. The van der Waals surface area contributed by atoms with Crippen LogP contribution in [0.3, 0.4) is 0 Å². The lowest BCUT2D eigenvalue weighted by Gasteiger charge is -2.18. The van der Waals surface area contributed by atoms with E-state index in [4.69, 9.17) is 0 Å². The smallest absolute Gasteiger partial charge is 0.255 e. The van der Waals surface area contributed by atoms with Crippen molar-refractivity contribution in [3.63, 3.8) is 0 Å². The Balaban J connectivity index is 1.52. The van der Waals surface area contributed by atoms with Gasteiger partial charge in [0, 0.05) is 41.3 Å². The van der Waals surface area contributed by atoms with Gasteiger partial charge in [-0.2, -0.15) is 0 Å². The minimum absolute atomic E-state index is 0.0106. The molecule has 3 aromatic rings. The molecule has 170 valence electrons. The molecule has 3 rings (SSSR count). The Labute approximate surface area is 193 Å². The van der Waals surface area contributed by atoms with Crippen molar-refractivity contribution in [3.05, 3.63) is 90.0 Å². The lowest BCUT2D eigenvalue weighted by Crippen LogP contribution is -2.30. The van der Waals surface area contributed by atoms with E-state index >= 15 is 0 Å². The molecule has 0 heterocycles. The van der Waals surface area contributed by atoms with Crippen molar-refractivity contribution < 1.29 is 14.4 Å². The predicted octanol–water partition coefficient (Wildman–Crippen LogP) is 4.47. The van der Waals surface area contributed by atoms with Gasteiger partial charge in [-0.15, -0.1) is 0 Å². The van der Waals surface area contributed by atoms with Crippen molar-refractivity contribution in [1.29, 1.82) is 0 Å². The van der Waals surface area contributed by atoms with Gasteiger partial charge in [0.1, 0.15) is 0 Å². The Morgan fingerprint density at radius 2 is 1.33 bits per heavy atom. The first-order valence-corrected chi connectivity index (χ1v) is 10.9. The maximum absolute atomic E-state index is 12.4. The first-order valence-electron chi connectivity index (χ1n) is 10.9. The minimum Gasteiger partial charge on any atom is -0.376 e. The van der Waals surface area contributed by atoms with Gasteiger partial charge in [-0.1, -0.05) is 24.3 Å². The summed E-state index contributed by atoms with van der Waals surface area (Å²) in [5.74, 6) is -0.461. The number of carbonyl (C=O) groups is 3. The van der Waals surface area contributed by atoms with Crippen LogP contribution in [0.1, 0.15) is 34.6 Å². The van der Waals surface area contributed by atoms with E-state index in [9.17, 15) is 14.4 Å². The van der Waals surface area contributed by atoms with E-state index in [0.29, 0.717) is 35.6 Å². The molecular formula is C26H28N4O3. The van der Waals surface area contributed by atoms with Gasteiger partial charge < -0.3 is 20.9 Å². The van der Waals surface area contributed by atoms with Crippen LogP contribution in [-0.4, -0.2) is 42.3 Å². The maximum Gasteiger partial charge on any atom is 0.255 e. The van der Waals surface area contributed by atoms with E-state index < -0.39 is 0 Å². The number of benzene rings is 3. The molecule has 7 nitrogen and oxygen atoms in total. The molecule has 0 fully saturated rings. The van der Waals surface area contributed by atoms with E-state index in [2.05, 4.69) is 16.0 Å². The van der Waals surface area contributed by atoms with Gasteiger partial charge in [0.25, 0.3) is 11.8 Å². The number of nitrogens with one attached hydrogen (secondary N) is 3. The van der Waals surface area contributed by atoms with E-state index in [-0.39, 0.29) is 24.3 Å². The van der Waals surface area contributed by atoms with Crippen LogP contribution in [0.15, 0.2) is 78.9 Å². The Kier molecular flexibility index (Phi) is 8.18. The molecule has 3 amide bonds. The van der Waals surface area contributed by atoms with Crippen LogP contribution in [0.2, 0.25) is 0 Å². The molecule has 0 saturated carbocycles. The zero-order valence-electron chi connectivity index (χ0n) is 18.8. The van der Waals surface area contributed by atoms with Crippen LogP contribution < -0.4 is 16.0 Å². The maximum atomic E-state index is 12.4. The van der Waals surface area contributed by atoms with Crippen LogP contribution in [0.25, 0.3) is 0 Å². The van der Waals surface area contributed by atoms with Gasteiger partial charge in [0.15, 0.2) is 0 Å². The van der Waals surface area contributed by atoms with Crippen LogP contribution in [0.4, 0.5) is 17.1 Å². The van der Waals surface area contributed by atoms with E-state index in [1.807, 2.05) is 19.9 Å². The Morgan fingerprint density at radius 1 is 0.697 bits per heavy atom. The first-order chi connectivity index (χ1) is 16.0. The molecule has 3 aromatic carbocycles. The number of carbonyl (C=O) groups excluding carboxylic acids is 3. The molecule has 0 aliphatic heterocycles. The van der Waals surface area contributed by atoms with Gasteiger partial charge in [-0.05, 0) is 68.4 Å². The highest BCUT2D eigenvalue weighted by Crippen LogP contribution is 2.17. The second-order valence-electron chi connectivity index (χ2n) is 7.36. The van der Waals surface area contributed by atoms with Crippen LogP contribution in [-0.2, 0) is 4.79 Å². The largest absolute Gasteiger partial charge is 0.376 e. The molecule has 0 saturated heterocycles. The predicted molar refractivity (Wildman–Crippen MR) is 132 cm³/mol. The highest BCUT2D eigenvalue weighted by Gasteiger charge is 2.12. The number of hydrogen-bond donors (Lipinski definition) is 3. The summed E-state index contributed by atoms with van der Waals surface area (Å²) in [5.41, 5.74) is 3.07. The van der Waals surface area contributed by atoms with Crippen molar-refractivity contribution in [2.75, 3.05) is 35.6 Å². The topological polar surface area (TPSA) is 90.5 Å². The number of rotatable bonds is 9. The van der Waals surface area contributed by atoms with Gasteiger partial charge in [0.2, 0.25) is 5.91 Å². The van der Waals surface area contributed by atoms with Gasteiger partial charge in [0.05, 0.1) is 6.54 Å². The lowest BCUT2D eigenvalue weighted by atomic mass is 10.1. The zero-order chi connectivity index (χ0) is 23.6. The summed E-state index contributed by atoms with van der Waals surface area (Å²) in [4.78, 5) is 38.8. The van der Waals surface area contributed by atoms with Crippen LogP contribution >= 0.6 is 0 Å². The van der Waals surface area contributed by atoms with Gasteiger partial charge in [-0.25, -0.2) is 0 Å². The fourth-order valence-electron chi connectivity index (χ4n) is 3.28. The highest BCUT2D eigenvalue weighted by atomic mass is 16.2. The van der Waals surface area contributed by atoms with Crippen LogP contribution in [0.5, 0.6) is 0 Å². The quantitative estimate of drug-likeness (QED) is 0.454. The second-order valence-corrected chi connectivity index (χ2v) is 7.36. The fourth-order valence-corrected chi connectivity index (χ4v) is 3.28. The summed E-state index contributed by atoms with van der Waals surface area (Å²) >= 11 is 0. The first kappa shape index (κ1) is 23.5. The standard InChI is InChI=1S/C26H28N4O3/c1-3-30(4-2)26(33)20-13-15-21(16-14-20)27-18-24(31)28-22-11-8-12-23(17-22)29-25(32)19-9-6-5-7-10-19/h5-17,27H,3-4,18H2,1-2H3,(H,28,31)(H,29,32). The van der Waals surface area contributed by atoms with Crippen LogP contribution in [0, 0.1) is 0 Å². The van der Waals surface area contributed by atoms with Crippen molar-refractivity contribution in [2.24, 2.45) is 0 Å². The summed E-state index contributed by atoms with van der Waals surface area (Å²) in [6.45, 7) is 5.27. The van der Waals surface area contributed by atoms with Crippen molar-refractivity contribution >= 4 is 34.8 Å². The SMILES string of the molecule is CCN(CC)C(=O)c1ccc(NCC(=O)Nc2cccc(NC(=O)c3ccccc3)c2)cc1. The van der Waals surface area contributed by atoms with Gasteiger partial charge in [-0.3, -0.25) is 14.4 Å². The van der Waals surface area contributed by atoms with Crippen molar-refractivity contribution in [3.8, 4) is 0 Å². The van der Waals surface area contributed by atoms with Crippen molar-refractivity contribution in [1.82, 2.24) is 4.90 Å². The molecule has 0 unspecified atom stereocenters. The molecule has 0 aliphatic rings. The minimum atomic E-state index is -0.232. The van der Waals surface area contributed by atoms with Gasteiger partial charge >= 0.3 is 0 Å². The van der Waals surface area contributed by atoms with E-state index in [1.54, 1.807) is 77.7 Å². The molecule has 3 N–H and O–H groups in total. The monoisotopic (exact) mass is 444 g/mol. The molecule has 33 heavy (non-hydrogen) atoms. The second kappa shape index (κ2) is 11.5. The summed E-state index contributed by atoms with van der Waals surface area (Å²) in [7, 11) is 0. The average Bonchev–Trinajstić information content (AvgIpc) is 2.84. The lowest BCUT2D eigenvalue weighted by molar-refractivity contribution is -0.114. The molecule has 7 heteroatoms. The Bertz CT molecular complexity index is 1090. The third-order valence-electron chi connectivity index (χ3n) is 5.08. The summed E-state index contributed by atoms with van der Waals surface area (Å²) in [6, 6.07) is 23.0. The third kappa shape index (κ3) is 6.67.